The van der Waals surface area contributed by atoms with E-state index in [1.165, 1.54) is 6.20 Å². The van der Waals surface area contributed by atoms with Crippen molar-refractivity contribution in [2.75, 3.05) is 72.7 Å². The summed E-state index contributed by atoms with van der Waals surface area (Å²) in [5.74, 6) is 1.78. The van der Waals surface area contributed by atoms with Crippen molar-refractivity contribution in [1.82, 2.24) is 39.5 Å². The second-order valence-electron chi connectivity index (χ2n) is 18.7. The number of hydrogen-bond donors (Lipinski definition) is 1. The number of ether oxygens (including phenoxy) is 3. The topological polar surface area (TPSA) is 144 Å². The number of para-hydroxylation sites is 2. The quantitative estimate of drug-likeness (QED) is 0.0687. The summed E-state index contributed by atoms with van der Waals surface area (Å²) < 4.78 is 20.6. The van der Waals surface area contributed by atoms with Crippen molar-refractivity contribution in [2.24, 2.45) is 5.92 Å². The van der Waals surface area contributed by atoms with Crippen molar-refractivity contribution >= 4 is 55.9 Å². The lowest BCUT2D eigenvalue weighted by molar-refractivity contribution is 0.0604. The van der Waals surface area contributed by atoms with Crippen LogP contribution in [0.4, 0.5) is 0 Å². The first-order valence-electron chi connectivity index (χ1n) is 25.2. The maximum absolute atomic E-state index is 14.6. The van der Waals surface area contributed by atoms with Gasteiger partial charge in [0.2, 0.25) is 5.88 Å². The molecule has 9 rings (SSSR count). The molecule has 8 aromatic rings. The molecule has 1 fully saturated rings. The fraction of sp³-hybridized carbons (Fsp3) is 0.310. The SMILES string of the molecule is COc1ccc(OCCN2CCN(CCCOc3ccc(C(=O)NCCCN(C(=O)c4ccc(C)cc4)C(c4nc5cc(Cl)ccc5c(=O)n4-c4ccccc4)C(C)C)cn3)CC2)c(-c2nc3ccccc3s2)c1. The van der Waals surface area contributed by atoms with E-state index in [-0.39, 0.29) is 36.4 Å². The average Bonchev–Trinajstić information content (AvgIpc) is 3.86. The van der Waals surface area contributed by atoms with Gasteiger partial charge in [0, 0.05) is 75.2 Å². The number of piperazine rings is 1. The van der Waals surface area contributed by atoms with Crippen molar-refractivity contribution in [3.05, 3.63) is 171 Å². The number of hydrogen-bond acceptors (Lipinski definition) is 12. The molecule has 1 saturated heterocycles. The summed E-state index contributed by atoms with van der Waals surface area (Å²) in [6.45, 7) is 13.2. The number of carbonyl (C=O) groups excluding carboxylic acids is 2. The predicted molar refractivity (Wildman–Crippen MR) is 293 cm³/mol. The lowest BCUT2D eigenvalue weighted by Crippen LogP contribution is -2.47. The van der Waals surface area contributed by atoms with Gasteiger partial charge in [-0.3, -0.25) is 23.9 Å². The molecular weight excluding hydrogens is 972 g/mol. The van der Waals surface area contributed by atoms with E-state index >= 15 is 0 Å². The molecule has 74 heavy (non-hydrogen) atoms. The van der Waals surface area contributed by atoms with E-state index in [1.54, 1.807) is 58.2 Å². The maximum Gasteiger partial charge on any atom is 0.266 e. The van der Waals surface area contributed by atoms with Gasteiger partial charge in [-0.2, -0.15) is 0 Å². The third-order valence-corrected chi connectivity index (χ3v) is 14.5. The highest BCUT2D eigenvalue weighted by atomic mass is 35.5. The first-order valence-corrected chi connectivity index (χ1v) is 26.4. The summed E-state index contributed by atoms with van der Waals surface area (Å²) in [5.41, 5.74) is 4.67. The molecule has 14 nitrogen and oxygen atoms in total. The number of pyridine rings is 1. The molecule has 16 heteroatoms. The Balaban J connectivity index is 0.748. The van der Waals surface area contributed by atoms with Crippen LogP contribution in [0.2, 0.25) is 5.02 Å². The van der Waals surface area contributed by atoms with Crippen LogP contribution < -0.4 is 25.1 Å². The number of fused-ring (bicyclic) bond motifs is 2. The van der Waals surface area contributed by atoms with E-state index in [2.05, 4.69) is 26.2 Å². The Morgan fingerprint density at radius 1 is 0.784 bits per heavy atom. The zero-order valence-electron chi connectivity index (χ0n) is 42.2. The van der Waals surface area contributed by atoms with E-state index in [0.29, 0.717) is 64.1 Å². The van der Waals surface area contributed by atoms with Gasteiger partial charge in [-0.15, -0.1) is 11.3 Å². The number of thiazole rings is 1. The first kappa shape index (κ1) is 51.7. The second kappa shape index (κ2) is 24.2. The van der Waals surface area contributed by atoms with E-state index in [9.17, 15) is 14.4 Å². The number of aryl methyl sites for hydroxylation is 1. The number of benzene rings is 5. The zero-order valence-corrected chi connectivity index (χ0v) is 43.8. The Morgan fingerprint density at radius 2 is 1.53 bits per heavy atom. The van der Waals surface area contributed by atoms with Crippen LogP contribution in [0.1, 0.15) is 64.8 Å². The Kier molecular flexibility index (Phi) is 16.9. The summed E-state index contributed by atoms with van der Waals surface area (Å²) in [6, 6.07) is 38.7. The lowest BCUT2D eigenvalue weighted by Gasteiger charge is -2.35. The average molecular weight is 1030 g/mol. The smallest absolute Gasteiger partial charge is 0.266 e. The Morgan fingerprint density at radius 3 is 2.26 bits per heavy atom. The standard InChI is InChI=1S/C58H61ClN8O6S/c1-39(2)53(54-62-49-36-43(59)21-23-46(49)58(70)67(54)44-12-6-5-7-13-44)66(57(69)41-18-16-40(3)17-19-41)28-10-26-60-55(68)42-20-25-52(61-38-42)73-34-11-27-64-29-31-65(32-30-64)33-35-72-50-24-22-45(71-4)37-47(50)56-63-48-14-8-9-15-51(48)74-56/h5-9,12-25,36-39,53H,10-11,26-35H2,1-4H3,(H,60,68). The number of aromatic nitrogens is 4. The normalized spacial score (nSPS) is 13.5. The third kappa shape index (κ3) is 12.4. The summed E-state index contributed by atoms with van der Waals surface area (Å²) in [6.07, 6.45) is 2.79. The van der Waals surface area contributed by atoms with Gasteiger partial charge in [0.1, 0.15) is 28.9 Å². The molecule has 1 aliphatic rings. The molecule has 0 saturated carbocycles. The van der Waals surface area contributed by atoms with Crippen LogP contribution in [0, 0.1) is 12.8 Å². The van der Waals surface area contributed by atoms with Gasteiger partial charge in [0.25, 0.3) is 17.4 Å². The van der Waals surface area contributed by atoms with Crippen LogP contribution in [-0.2, 0) is 0 Å². The van der Waals surface area contributed by atoms with Crippen molar-refractivity contribution < 1.29 is 23.8 Å². The molecule has 2 amide bonds. The number of rotatable bonds is 21. The molecule has 5 aromatic carbocycles. The van der Waals surface area contributed by atoms with Gasteiger partial charge in [0.15, 0.2) is 0 Å². The molecule has 0 radical (unpaired) electrons. The van der Waals surface area contributed by atoms with Gasteiger partial charge in [0.05, 0.1) is 57.7 Å². The summed E-state index contributed by atoms with van der Waals surface area (Å²) >= 11 is 8.07. The van der Waals surface area contributed by atoms with Crippen LogP contribution >= 0.6 is 22.9 Å². The van der Waals surface area contributed by atoms with Crippen molar-refractivity contribution in [3.63, 3.8) is 0 Å². The van der Waals surface area contributed by atoms with E-state index in [4.69, 9.17) is 35.8 Å². The minimum atomic E-state index is -0.632. The van der Waals surface area contributed by atoms with Gasteiger partial charge in [-0.25, -0.2) is 15.0 Å². The molecule has 0 bridgehead atoms. The van der Waals surface area contributed by atoms with E-state index in [1.807, 2.05) is 112 Å². The van der Waals surface area contributed by atoms with Gasteiger partial charge in [-0.1, -0.05) is 73.5 Å². The van der Waals surface area contributed by atoms with Gasteiger partial charge < -0.3 is 29.3 Å². The van der Waals surface area contributed by atoms with Gasteiger partial charge >= 0.3 is 0 Å². The summed E-state index contributed by atoms with van der Waals surface area (Å²) in [4.78, 5) is 63.4. The van der Waals surface area contributed by atoms with E-state index in [0.717, 1.165) is 83.5 Å². The largest absolute Gasteiger partial charge is 0.497 e. The molecule has 0 spiro atoms. The summed E-state index contributed by atoms with van der Waals surface area (Å²) in [7, 11) is 1.67. The van der Waals surface area contributed by atoms with Gasteiger partial charge in [-0.05, 0) is 105 Å². The lowest BCUT2D eigenvalue weighted by atomic mass is 9.98. The molecule has 1 aliphatic heterocycles. The van der Waals surface area contributed by atoms with Crippen LogP contribution in [-0.4, -0.2) is 119 Å². The number of methoxy groups -OCH3 is 1. The highest BCUT2D eigenvalue weighted by molar-refractivity contribution is 7.21. The third-order valence-electron chi connectivity index (χ3n) is 13.2. The number of nitrogens with one attached hydrogen (secondary N) is 1. The minimum absolute atomic E-state index is 0.171. The number of nitrogens with zero attached hydrogens (tertiary/aromatic N) is 7. The molecule has 4 heterocycles. The maximum atomic E-state index is 14.6. The fourth-order valence-corrected chi connectivity index (χ4v) is 10.4. The van der Waals surface area contributed by atoms with Crippen LogP contribution in [0.3, 0.4) is 0 Å². The number of carbonyl (C=O) groups is 2. The Hall–Kier alpha value is -7.17. The molecule has 0 aliphatic carbocycles. The molecule has 1 N–H and O–H groups in total. The molecule has 382 valence electrons. The Labute approximate surface area is 440 Å². The number of amides is 2. The monoisotopic (exact) mass is 1030 g/mol. The predicted octanol–water partition coefficient (Wildman–Crippen LogP) is 10.2. The van der Waals surface area contributed by atoms with Crippen molar-refractivity contribution in [1.29, 1.82) is 0 Å². The van der Waals surface area contributed by atoms with Crippen LogP contribution in [0.25, 0.3) is 37.4 Å². The van der Waals surface area contributed by atoms with Crippen molar-refractivity contribution in [2.45, 2.75) is 39.7 Å². The fourth-order valence-electron chi connectivity index (χ4n) is 9.28. The second-order valence-corrected chi connectivity index (χ2v) is 20.2. The number of halogens is 1. The summed E-state index contributed by atoms with van der Waals surface area (Å²) in [5, 5.41) is 4.79. The minimum Gasteiger partial charge on any atom is -0.497 e. The first-order chi connectivity index (χ1) is 36.0. The highest BCUT2D eigenvalue weighted by Gasteiger charge is 2.33. The Bertz CT molecular complexity index is 3220. The van der Waals surface area contributed by atoms with Crippen LogP contribution in [0.15, 0.2) is 138 Å². The van der Waals surface area contributed by atoms with Crippen LogP contribution in [0.5, 0.6) is 17.4 Å². The highest BCUT2D eigenvalue weighted by Crippen LogP contribution is 2.38. The molecule has 1 atom stereocenters. The molecule has 1 unspecified atom stereocenters. The zero-order chi connectivity index (χ0) is 51.6. The molecular formula is C58H61ClN8O6S. The van der Waals surface area contributed by atoms with Crippen molar-refractivity contribution in [3.8, 4) is 33.6 Å². The van der Waals surface area contributed by atoms with E-state index < -0.39 is 6.04 Å². The molecule has 3 aromatic heterocycles.